The van der Waals surface area contributed by atoms with Gasteiger partial charge in [0.1, 0.15) is 40.7 Å². The maximum Gasteiger partial charge on any atom is 0.355 e. The Morgan fingerprint density at radius 1 is 0.865 bits per heavy atom. The second-order valence-corrected chi connectivity index (χ2v) is 14.2. The molecule has 2 aliphatic heterocycles. The highest BCUT2D eigenvalue weighted by Gasteiger charge is 2.54. The number of anilines is 1. The number of ketones is 1. The Labute approximate surface area is 308 Å². The average Bonchev–Trinajstić information content (AvgIpc) is 3.67. The number of thiazole rings is 1. The molecule has 1 fully saturated rings. The molecule has 5 aromatic rings. The van der Waals surface area contributed by atoms with E-state index >= 15 is 0 Å². The van der Waals surface area contributed by atoms with Gasteiger partial charge in [0.15, 0.2) is 5.13 Å². The zero-order valence-corrected chi connectivity index (χ0v) is 29.9. The number of esters is 1. The number of methoxy groups -OCH3 is 1. The lowest BCUT2D eigenvalue weighted by Crippen LogP contribution is -2.71. The van der Waals surface area contributed by atoms with Crippen LogP contribution >= 0.6 is 23.1 Å². The highest BCUT2D eigenvalue weighted by Crippen LogP contribution is 2.42. The molecule has 4 aromatic carbocycles. The molecule has 12 heteroatoms. The fourth-order valence-electron chi connectivity index (χ4n) is 6.40. The molecule has 0 spiro atoms. The van der Waals surface area contributed by atoms with Crippen molar-refractivity contribution in [2.24, 2.45) is 0 Å². The predicted molar refractivity (Wildman–Crippen MR) is 200 cm³/mol. The number of fused-ring (bicyclic) bond motifs is 1. The average molecular weight is 731 g/mol. The molecule has 3 heterocycles. The topological polar surface area (TPSA) is 127 Å². The monoisotopic (exact) mass is 730 g/mol. The van der Waals surface area contributed by atoms with Crippen LogP contribution in [0, 0.1) is 0 Å². The number of nitrogens with one attached hydrogen (secondary N) is 2. The van der Waals surface area contributed by atoms with Crippen molar-refractivity contribution in [3.63, 3.8) is 0 Å². The second kappa shape index (κ2) is 14.9. The lowest BCUT2D eigenvalue weighted by atomic mass is 9.77. The van der Waals surface area contributed by atoms with E-state index in [-0.39, 0.29) is 18.0 Å². The number of aromatic nitrogens is 1. The van der Waals surface area contributed by atoms with Crippen LogP contribution in [0.3, 0.4) is 0 Å². The molecule has 262 valence electrons. The molecule has 2 aliphatic rings. The minimum atomic E-state index is -0.989. The van der Waals surface area contributed by atoms with E-state index in [2.05, 4.69) is 15.6 Å². The van der Waals surface area contributed by atoms with Crippen molar-refractivity contribution in [2.75, 3.05) is 18.2 Å². The predicted octanol–water partition coefficient (Wildman–Crippen LogP) is 6.16. The van der Waals surface area contributed by atoms with Crippen LogP contribution in [0.5, 0.6) is 5.75 Å². The summed E-state index contributed by atoms with van der Waals surface area (Å²) in [7, 11) is 1.57. The number of hydrogen-bond donors (Lipinski definition) is 2. The summed E-state index contributed by atoms with van der Waals surface area (Å²) in [5.41, 5.74) is 3.57. The molecule has 1 aromatic heterocycles. The Morgan fingerprint density at radius 3 is 2.00 bits per heavy atom. The van der Waals surface area contributed by atoms with E-state index in [9.17, 15) is 19.2 Å². The minimum Gasteiger partial charge on any atom is -0.497 e. The van der Waals surface area contributed by atoms with Crippen LogP contribution in [0.1, 0.15) is 39.7 Å². The summed E-state index contributed by atoms with van der Waals surface area (Å²) in [5.74, 6) is -1.81. The van der Waals surface area contributed by atoms with Crippen molar-refractivity contribution in [3.05, 3.63) is 160 Å². The third kappa shape index (κ3) is 6.58. The fourth-order valence-corrected chi connectivity index (χ4v) is 8.44. The summed E-state index contributed by atoms with van der Waals surface area (Å²) >= 11 is 2.61. The largest absolute Gasteiger partial charge is 0.497 e. The second-order valence-electron chi connectivity index (χ2n) is 12.3. The Morgan fingerprint density at radius 2 is 1.44 bits per heavy atom. The van der Waals surface area contributed by atoms with Gasteiger partial charge in [-0.25, -0.2) is 9.78 Å². The lowest BCUT2D eigenvalue weighted by molar-refractivity contribution is -0.153. The smallest absolute Gasteiger partial charge is 0.355 e. The summed E-state index contributed by atoms with van der Waals surface area (Å²) in [5, 5.41) is 7.61. The zero-order valence-electron chi connectivity index (χ0n) is 28.3. The van der Waals surface area contributed by atoms with Crippen LogP contribution in [0.4, 0.5) is 5.13 Å². The van der Waals surface area contributed by atoms with E-state index in [1.54, 1.807) is 38.3 Å². The number of benzene rings is 4. The van der Waals surface area contributed by atoms with Gasteiger partial charge in [-0.2, -0.15) is 0 Å². The first-order valence-electron chi connectivity index (χ1n) is 16.5. The third-order valence-electron chi connectivity index (χ3n) is 9.03. The summed E-state index contributed by atoms with van der Waals surface area (Å²) in [4.78, 5) is 59.2. The van der Waals surface area contributed by atoms with Gasteiger partial charge in [-0.1, -0.05) is 103 Å². The molecule has 0 bridgehead atoms. The Hall–Kier alpha value is -5.72. The van der Waals surface area contributed by atoms with Crippen LogP contribution in [0.2, 0.25) is 0 Å². The number of carbonyl (C=O) groups is 4. The van der Waals surface area contributed by atoms with E-state index in [1.165, 1.54) is 33.4 Å². The first-order valence-corrected chi connectivity index (χ1v) is 18.4. The number of hydrogen-bond acceptors (Lipinski definition) is 10. The van der Waals surface area contributed by atoms with Crippen molar-refractivity contribution in [1.82, 2.24) is 15.2 Å². The van der Waals surface area contributed by atoms with Crippen molar-refractivity contribution < 1.29 is 28.7 Å². The third-order valence-corrected chi connectivity index (χ3v) is 11.2. The van der Waals surface area contributed by atoms with Gasteiger partial charge < -0.3 is 20.1 Å². The quantitative estimate of drug-likeness (QED) is 0.0511. The molecule has 52 heavy (non-hydrogen) atoms. The van der Waals surface area contributed by atoms with Gasteiger partial charge in [0.05, 0.1) is 7.11 Å². The number of amides is 2. The Kier molecular flexibility index (Phi) is 9.92. The maximum atomic E-state index is 13.4. The first kappa shape index (κ1) is 34.7. The highest BCUT2D eigenvalue weighted by atomic mass is 32.2. The molecule has 1 unspecified atom stereocenters. The maximum absolute atomic E-state index is 13.4. The van der Waals surface area contributed by atoms with Gasteiger partial charge in [-0.15, -0.1) is 23.1 Å². The molecule has 10 nitrogen and oxygen atoms in total. The summed E-state index contributed by atoms with van der Waals surface area (Å²) < 4.78 is 10.7. The fraction of sp³-hybridized carbons (Fsp3) is 0.175. The zero-order chi connectivity index (χ0) is 36.2. The van der Waals surface area contributed by atoms with Crippen molar-refractivity contribution in [1.29, 1.82) is 0 Å². The summed E-state index contributed by atoms with van der Waals surface area (Å²) in [6.07, 6.45) is 0. The van der Waals surface area contributed by atoms with Crippen molar-refractivity contribution in [2.45, 2.75) is 30.5 Å². The number of ether oxygens (including phenoxy) is 2. The van der Waals surface area contributed by atoms with Crippen molar-refractivity contribution in [3.8, 4) is 5.75 Å². The SMILES string of the molecule is COc1ccc(COC(=O)C2=C(C)CS[C@@H]3C(NC(=O)C(=O)c4csc(NC(c5ccccc5)(c5ccccc5)c5ccccc5)n4)C(=O)N23)cc1. The summed E-state index contributed by atoms with van der Waals surface area (Å²) in [6, 6.07) is 36.0. The number of carbonyl (C=O) groups excluding carboxylic acids is 4. The van der Waals surface area contributed by atoms with E-state index < -0.39 is 40.5 Å². The molecular formula is C40H34N4O6S2. The Balaban J connectivity index is 1.06. The molecule has 0 radical (unpaired) electrons. The van der Waals surface area contributed by atoms with E-state index in [0.29, 0.717) is 22.2 Å². The van der Waals surface area contributed by atoms with Crippen LogP contribution in [-0.2, 0) is 31.3 Å². The molecule has 0 saturated carbocycles. The van der Waals surface area contributed by atoms with Crippen LogP contribution in [0.15, 0.2) is 132 Å². The van der Waals surface area contributed by atoms with Gasteiger partial charge in [0.2, 0.25) is 0 Å². The lowest BCUT2D eigenvalue weighted by Gasteiger charge is -2.49. The minimum absolute atomic E-state index is 0.0156. The standard InChI is InChI=1S/C40H34N4O6S2/c1-25-23-51-37-32(36(47)44(37)33(25)38(48)50-22-26-18-20-30(49-2)21-19-26)42-35(46)34(45)31-24-52-39(41-31)43-40(27-12-6-3-7-13-27,28-14-8-4-9-15-28)29-16-10-5-11-17-29/h3-21,24,32,37H,22-23H2,1-2H3,(H,41,43)(H,42,46)/t32?,37-/m1/s1. The molecular weight excluding hydrogens is 697 g/mol. The molecule has 7 rings (SSSR count). The number of rotatable bonds is 12. The molecule has 2 atom stereocenters. The van der Waals surface area contributed by atoms with Gasteiger partial charge >= 0.3 is 5.97 Å². The van der Waals surface area contributed by atoms with Gasteiger partial charge in [-0.05, 0) is 46.9 Å². The van der Waals surface area contributed by atoms with Crippen molar-refractivity contribution >= 4 is 51.8 Å². The van der Waals surface area contributed by atoms with Crippen LogP contribution in [-0.4, -0.2) is 57.7 Å². The number of thioether (sulfide) groups is 1. The number of Topliss-reactive ketones (excluding diaryl/α,β-unsaturated/α-hetero) is 1. The molecule has 2 amide bonds. The number of β-lactam (4-membered cyclic amide) rings is 1. The Bertz CT molecular complexity index is 2040. The molecule has 1 saturated heterocycles. The molecule has 2 N–H and O–H groups in total. The van der Waals surface area contributed by atoms with Crippen LogP contribution in [0.25, 0.3) is 0 Å². The number of nitrogens with zero attached hydrogens (tertiary/aromatic N) is 2. The van der Waals surface area contributed by atoms with Gasteiger partial charge in [0, 0.05) is 11.1 Å². The van der Waals surface area contributed by atoms with Gasteiger partial charge in [-0.3, -0.25) is 19.3 Å². The van der Waals surface area contributed by atoms with Crippen LogP contribution < -0.4 is 15.4 Å². The van der Waals surface area contributed by atoms with E-state index in [0.717, 1.165) is 22.3 Å². The van der Waals surface area contributed by atoms with Gasteiger partial charge in [0.25, 0.3) is 17.6 Å². The van der Waals surface area contributed by atoms with E-state index in [1.807, 2.05) is 91.0 Å². The normalized spacial score (nSPS) is 16.7. The highest BCUT2D eigenvalue weighted by molar-refractivity contribution is 8.00. The summed E-state index contributed by atoms with van der Waals surface area (Å²) in [6.45, 7) is 1.79. The molecule has 0 aliphatic carbocycles. The van der Waals surface area contributed by atoms with E-state index in [4.69, 9.17) is 9.47 Å². The first-order chi connectivity index (χ1) is 25.3.